The number of amides is 1. The Kier molecular flexibility index (Phi) is 6.15. The van der Waals surface area contributed by atoms with Crippen molar-refractivity contribution in [3.8, 4) is 0 Å². The zero-order chi connectivity index (χ0) is 21.2. The van der Waals surface area contributed by atoms with Gasteiger partial charge in [-0.1, -0.05) is 39.3 Å². The van der Waals surface area contributed by atoms with E-state index in [1.807, 2.05) is 31.2 Å². The van der Waals surface area contributed by atoms with Crippen molar-refractivity contribution in [1.29, 1.82) is 0 Å². The first-order valence-electron chi connectivity index (χ1n) is 10.1. The number of carbonyl (C=O) groups is 1. The quantitative estimate of drug-likeness (QED) is 0.781. The van der Waals surface area contributed by atoms with E-state index in [1.165, 1.54) is 0 Å². The van der Waals surface area contributed by atoms with E-state index in [1.54, 1.807) is 28.6 Å². The molecule has 6 heteroatoms. The molecule has 0 bridgehead atoms. The van der Waals surface area contributed by atoms with Crippen LogP contribution in [0.15, 0.2) is 53.4 Å². The molecule has 0 spiro atoms. The minimum atomic E-state index is -3.51. The van der Waals surface area contributed by atoms with Gasteiger partial charge in [0.25, 0.3) is 5.91 Å². The van der Waals surface area contributed by atoms with Crippen LogP contribution in [0, 0.1) is 0 Å². The van der Waals surface area contributed by atoms with E-state index < -0.39 is 10.0 Å². The number of carbonyl (C=O) groups excluding carboxylic acids is 1. The highest BCUT2D eigenvalue weighted by Crippen LogP contribution is 2.26. The summed E-state index contributed by atoms with van der Waals surface area (Å²) in [7, 11) is -3.51. The molecule has 1 atom stereocenters. The Balaban J connectivity index is 1.71. The summed E-state index contributed by atoms with van der Waals surface area (Å²) in [5, 5.41) is 2.84. The summed E-state index contributed by atoms with van der Waals surface area (Å²) in [4.78, 5) is 12.8. The predicted octanol–water partition coefficient (Wildman–Crippen LogP) is 4.80. The first-order valence-corrected chi connectivity index (χ1v) is 11.6. The summed E-state index contributed by atoms with van der Waals surface area (Å²) in [6, 6.07) is 14.0. The Bertz CT molecular complexity index is 959. The smallest absolute Gasteiger partial charge is 0.255 e. The molecule has 1 amide bonds. The van der Waals surface area contributed by atoms with Crippen LogP contribution < -0.4 is 5.32 Å². The van der Waals surface area contributed by atoms with E-state index >= 15 is 0 Å². The van der Waals surface area contributed by atoms with Crippen LogP contribution in [-0.2, 0) is 15.4 Å². The van der Waals surface area contributed by atoms with Gasteiger partial charge in [-0.3, -0.25) is 4.79 Å². The lowest BCUT2D eigenvalue weighted by atomic mass is 9.87. The molecule has 0 saturated carbocycles. The summed E-state index contributed by atoms with van der Waals surface area (Å²) in [6.07, 6.45) is 2.85. The second-order valence-electron chi connectivity index (χ2n) is 8.77. The van der Waals surface area contributed by atoms with Crippen LogP contribution in [0.4, 0.5) is 5.69 Å². The SMILES string of the molecule is C[C@@H]1CCCCN1S(=O)(=O)c1ccc(NC(=O)c2ccc(C(C)(C)C)cc2)cc1. The standard InChI is InChI=1S/C23H30N2O3S/c1-17-7-5-6-16-25(17)29(27,28)21-14-12-20(13-15-21)24-22(26)18-8-10-19(11-9-18)23(2,3)4/h8-15,17H,5-7,16H2,1-4H3,(H,24,26)/t17-/m1/s1. The minimum absolute atomic E-state index is 0.0178. The second-order valence-corrected chi connectivity index (χ2v) is 10.7. The Morgan fingerprint density at radius 2 is 1.62 bits per heavy atom. The van der Waals surface area contributed by atoms with Crippen molar-refractivity contribution in [2.45, 2.75) is 63.3 Å². The molecule has 0 unspecified atom stereocenters. The minimum Gasteiger partial charge on any atom is -0.322 e. The monoisotopic (exact) mass is 414 g/mol. The molecule has 1 saturated heterocycles. The van der Waals surface area contributed by atoms with Crippen LogP contribution in [0.1, 0.15) is 62.9 Å². The van der Waals surface area contributed by atoms with Gasteiger partial charge in [-0.15, -0.1) is 0 Å². The van der Waals surface area contributed by atoms with E-state index in [9.17, 15) is 13.2 Å². The van der Waals surface area contributed by atoms with Gasteiger partial charge in [-0.05, 0) is 67.1 Å². The number of nitrogens with one attached hydrogen (secondary N) is 1. The van der Waals surface area contributed by atoms with E-state index in [4.69, 9.17) is 0 Å². The first kappa shape index (κ1) is 21.5. The van der Waals surface area contributed by atoms with Crippen molar-refractivity contribution >= 4 is 21.6 Å². The van der Waals surface area contributed by atoms with Crippen LogP contribution in [-0.4, -0.2) is 31.2 Å². The number of hydrogen-bond donors (Lipinski definition) is 1. The molecule has 1 aliphatic rings. The summed E-state index contributed by atoms with van der Waals surface area (Å²) in [5.41, 5.74) is 2.33. The largest absolute Gasteiger partial charge is 0.322 e. The number of sulfonamides is 1. The number of rotatable bonds is 4. The lowest BCUT2D eigenvalue weighted by Crippen LogP contribution is -2.41. The molecule has 5 nitrogen and oxygen atoms in total. The summed E-state index contributed by atoms with van der Waals surface area (Å²) >= 11 is 0. The molecule has 2 aromatic rings. The third-order valence-electron chi connectivity index (χ3n) is 5.47. The maximum atomic E-state index is 12.9. The average molecular weight is 415 g/mol. The maximum Gasteiger partial charge on any atom is 0.255 e. The van der Waals surface area contributed by atoms with Crippen molar-refractivity contribution in [3.05, 3.63) is 59.7 Å². The van der Waals surface area contributed by atoms with Crippen molar-refractivity contribution < 1.29 is 13.2 Å². The molecule has 0 aliphatic carbocycles. The van der Waals surface area contributed by atoms with Crippen LogP contribution in [0.3, 0.4) is 0 Å². The van der Waals surface area contributed by atoms with Crippen LogP contribution >= 0.6 is 0 Å². The average Bonchev–Trinajstić information content (AvgIpc) is 2.68. The lowest BCUT2D eigenvalue weighted by Gasteiger charge is -2.32. The Morgan fingerprint density at radius 1 is 1.00 bits per heavy atom. The third-order valence-corrected chi connectivity index (χ3v) is 7.50. The van der Waals surface area contributed by atoms with Gasteiger partial charge in [0.15, 0.2) is 0 Å². The van der Waals surface area contributed by atoms with Crippen molar-refractivity contribution in [2.75, 3.05) is 11.9 Å². The molecular weight excluding hydrogens is 384 g/mol. The zero-order valence-corrected chi connectivity index (χ0v) is 18.4. The van der Waals surface area contributed by atoms with E-state index in [0.717, 1.165) is 24.8 Å². The highest BCUT2D eigenvalue weighted by molar-refractivity contribution is 7.89. The van der Waals surface area contributed by atoms with E-state index in [0.29, 0.717) is 17.8 Å². The Morgan fingerprint density at radius 3 is 2.17 bits per heavy atom. The number of anilines is 1. The summed E-state index contributed by atoms with van der Waals surface area (Å²) in [5.74, 6) is -0.217. The lowest BCUT2D eigenvalue weighted by molar-refractivity contribution is 0.102. The second kappa shape index (κ2) is 8.28. The topological polar surface area (TPSA) is 66.5 Å². The molecular formula is C23H30N2O3S. The van der Waals surface area contributed by atoms with Crippen molar-refractivity contribution in [3.63, 3.8) is 0 Å². The molecule has 3 rings (SSSR count). The third kappa shape index (κ3) is 4.87. The Hall–Kier alpha value is -2.18. The fourth-order valence-corrected chi connectivity index (χ4v) is 5.30. The fraction of sp³-hybridized carbons (Fsp3) is 0.435. The molecule has 0 radical (unpaired) electrons. The van der Waals surface area contributed by atoms with Gasteiger partial charge in [0.05, 0.1) is 4.90 Å². The molecule has 1 N–H and O–H groups in total. The zero-order valence-electron chi connectivity index (χ0n) is 17.6. The maximum absolute atomic E-state index is 12.9. The molecule has 2 aromatic carbocycles. The van der Waals surface area contributed by atoms with Gasteiger partial charge in [0.1, 0.15) is 0 Å². The van der Waals surface area contributed by atoms with Gasteiger partial charge >= 0.3 is 0 Å². The Labute approximate surface area is 174 Å². The summed E-state index contributed by atoms with van der Waals surface area (Å²) < 4.78 is 27.4. The molecule has 29 heavy (non-hydrogen) atoms. The van der Waals surface area contributed by atoms with Crippen LogP contribution in [0.25, 0.3) is 0 Å². The van der Waals surface area contributed by atoms with E-state index in [-0.39, 0.29) is 22.3 Å². The normalized spacial score (nSPS) is 18.4. The van der Waals surface area contributed by atoms with Gasteiger partial charge in [-0.25, -0.2) is 8.42 Å². The number of hydrogen-bond acceptors (Lipinski definition) is 3. The number of piperidine rings is 1. The van der Waals surface area contributed by atoms with Crippen molar-refractivity contribution in [2.24, 2.45) is 0 Å². The van der Waals surface area contributed by atoms with Crippen LogP contribution in [0.2, 0.25) is 0 Å². The number of nitrogens with zero attached hydrogens (tertiary/aromatic N) is 1. The summed E-state index contributed by atoms with van der Waals surface area (Å²) in [6.45, 7) is 8.90. The van der Waals surface area contributed by atoms with Gasteiger partial charge in [0, 0.05) is 23.8 Å². The molecule has 0 aromatic heterocycles. The van der Waals surface area contributed by atoms with E-state index in [2.05, 4.69) is 26.1 Å². The van der Waals surface area contributed by atoms with Crippen molar-refractivity contribution in [1.82, 2.24) is 4.31 Å². The predicted molar refractivity (Wildman–Crippen MR) is 117 cm³/mol. The molecule has 1 aliphatic heterocycles. The number of benzene rings is 2. The van der Waals surface area contributed by atoms with Crippen LogP contribution in [0.5, 0.6) is 0 Å². The highest BCUT2D eigenvalue weighted by Gasteiger charge is 2.30. The first-order chi connectivity index (χ1) is 13.6. The van der Waals surface area contributed by atoms with Gasteiger partial charge < -0.3 is 5.32 Å². The van der Waals surface area contributed by atoms with Gasteiger partial charge in [0.2, 0.25) is 10.0 Å². The molecule has 156 valence electrons. The molecule has 1 fully saturated rings. The highest BCUT2D eigenvalue weighted by atomic mass is 32.2. The fourth-order valence-electron chi connectivity index (χ4n) is 3.60. The molecule has 1 heterocycles. The van der Waals surface area contributed by atoms with Gasteiger partial charge in [-0.2, -0.15) is 4.31 Å².